The highest BCUT2D eigenvalue weighted by atomic mass is 16.1. The number of nitrogens with two attached hydrogens (primary N) is 3. The van der Waals surface area contributed by atoms with Crippen molar-refractivity contribution < 1.29 is 0 Å². The van der Waals surface area contributed by atoms with Gasteiger partial charge in [0.2, 0.25) is 0 Å². The zero-order valence-electron chi connectivity index (χ0n) is 17.2. The van der Waals surface area contributed by atoms with E-state index in [0.717, 1.165) is 0 Å². The summed E-state index contributed by atoms with van der Waals surface area (Å²) in [5.41, 5.74) is 18.6. The van der Waals surface area contributed by atoms with Crippen LogP contribution in [0.3, 0.4) is 0 Å². The molecule has 156 valence electrons. The molecule has 0 heterocycles. The van der Waals surface area contributed by atoms with E-state index in [9.17, 15) is 14.4 Å². The number of hydrogen-bond donors (Lipinski definition) is 3. The molecule has 7 rings (SSSR count). The van der Waals surface area contributed by atoms with Gasteiger partial charge in [-0.1, -0.05) is 18.2 Å². The van der Waals surface area contributed by atoms with Crippen LogP contribution in [0, 0.1) is 0 Å². The monoisotopic (exact) mass is 429 g/mol. The second kappa shape index (κ2) is 5.55. The average Bonchev–Trinajstić information content (AvgIpc) is 3.35. The molecule has 0 fully saturated rings. The number of anilines is 3. The molecule has 0 unspecified atom stereocenters. The van der Waals surface area contributed by atoms with Crippen LogP contribution in [0.4, 0.5) is 17.1 Å². The quantitative estimate of drug-likeness (QED) is 0.315. The van der Waals surface area contributed by atoms with Crippen molar-refractivity contribution in [2.24, 2.45) is 0 Å². The minimum Gasteiger partial charge on any atom is -0.399 e. The van der Waals surface area contributed by atoms with E-state index in [1.165, 1.54) is 0 Å². The molecule has 0 radical (unpaired) electrons. The van der Waals surface area contributed by atoms with E-state index in [2.05, 4.69) is 0 Å². The zero-order chi connectivity index (χ0) is 22.8. The first-order valence-electron chi connectivity index (χ1n) is 10.4. The number of fused-ring (bicyclic) bond motifs is 12. The topological polar surface area (TPSA) is 129 Å². The van der Waals surface area contributed by atoms with E-state index in [1.54, 1.807) is 54.6 Å². The summed E-state index contributed by atoms with van der Waals surface area (Å²) >= 11 is 0. The highest BCUT2D eigenvalue weighted by Crippen LogP contribution is 2.43. The summed E-state index contributed by atoms with van der Waals surface area (Å²) in [4.78, 5) is 41.1. The molecule has 7 aromatic carbocycles. The summed E-state index contributed by atoms with van der Waals surface area (Å²) < 4.78 is 0. The van der Waals surface area contributed by atoms with E-state index < -0.39 is 0 Å². The van der Waals surface area contributed by atoms with Crippen molar-refractivity contribution >= 4 is 81.7 Å². The molecule has 7 aromatic rings. The Labute approximate surface area is 184 Å². The molecule has 0 aliphatic rings. The van der Waals surface area contributed by atoms with Crippen LogP contribution < -0.4 is 33.5 Å². The largest absolute Gasteiger partial charge is 0.399 e. The summed E-state index contributed by atoms with van der Waals surface area (Å²) in [5.74, 6) is 0. The van der Waals surface area contributed by atoms with Crippen molar-refractivity contribution in [2.75, 3.05) is 17.2 Å². The van der Waals surface area contributed by atoms with E-state index in [-0.39, 0.29) is 16.3 Å². The third kappa shape index (κ3) is 1.96. The maximum Gasteiger partial charge on any atom is 0.195 e. The fourth-order valence-electron chi connectivity index (χ4n) is 5.55. The Morgan fingerprint density at radius 3 is 0.909 bits per heavy atom. The molecule has 0 bridgehead atoms. The Morgan fingerprint density at radius 1 is 0.364 bits per heavy atom. The lowest BCUT2D eigenvalue weighted by Crippen LogP contribution is -2.00. The van der Waals surface area contributed by atoms with Gasteiger partial charge in [0.25, 0.3) is 0 Å². The van der Waals surface area contributed by atoms with E-state index in [4.69, 9.17) is 17.2 Å². The lowest BCUT2D eigenvalue weighted by molar-refractivity contribution is 1.76. The Balaban J connectivity index is 2.01. The molecule has 0 atom stereocenters. The standard InChI is InChI=1S/C27H15N3O3/c28-10-1-4-13-16(7-10)25(31)22-19(13)23-21(14-5-2-11(29)8-17(14)26(23)32)24-20(22)15-6-3-12(30)9-18(15)27(24)33/h1-9H,28-30H2. The van der Waals surface area contributed by atoms with Crippen LogP contribution in [0.5, 0.6) is 0 Å². The molecular formula is C27H15N3O3. The predicted molar refractivity (Wildman–Crippen MR) is 137 cm³/mol. The smallest absolute Gasteiger partial charge is 0.195 e. The van der Waals surface area contributed by atoms with Gasteiger partial charge in [0, 0.05) is 65.5 Å². The number of hydrogen-bond acceptors (Lipinski definition) is 6. The summed E-state index contributed by atoms with van der Waals surface area (Å²) in [5, 5.41) is 6.01. The third-order valence-electron chi connectivity index (χ3n) is 6.85. The molecule has 0 saturated carbocycles. The van der Waals surface area contributed by atoms with Crippen molar-refractivity contribution in [3.05, 3.63) is 85.3 Å². The second-order valence-electron chi connectivity index (χ2n) is 8.65. The molecule has 6 heteroatoms. The molecular weight excluding hydrogens is 414 g/mol. The lowest BCUT2D eigenvalue weighted by atomic mass is 9.99. The van der Waals surface area contributed by atoms with Crippen molar-refractivity contribution in [2.45, 2.75) is 0 Å². The van der Waals surface area contributed by atoms with E-state index in [1.807, 2.05) is 0 Å². The first-order chi connectivity index (χ1) is 15.9. The Hall–Kier alpha value is -4.71. The number of nitrogen functional groups attached to an aromatic ring is 3. The molecule has 6 N–H and O–H groups in total. The summed E-state index contributed by atoms with van der Waals surface area (Å²) in [7, 11) is 0. The minimum absolute atomic E-state index is 0.243. The fourth-order valence-corrected chi connectivity index (χ4v) is 5.55. The number of benzene rings is 4. The zero-order valence-corrected chi connectivity index (χ0v) is 17.2. The number of rotatable bonds is 0. The first-order valence-corrected chi connectivity index (χ1v) is 10.4. The first kappa shape index (κ1) is 17.9. The molecule has 0 saturated heterocycles. The highest BCUT2D eigenvalue weighted by molar-refractivity contribution is 6.42. The minimum atomic E-state index is -0.243. The molecule has 0 aromatic heterocycles. The summed E-state index contributed by atoms with van der Waals surface area (Å²) in [6.45, 7) is 0. The van der Waals surface area contributed by atoms with Crippen LogP contribution in [0.1, 0.15) is 0 Å². The molecule has 0 aliphatic carbocycles. The maximum atomic E-state index is 13.7. The second-order valence-corrected chi connectivity index (χ2v) is 8.65. The van der Waals surface area contributed by atoms with E-state index >= 15 is 0 Å². The van der Waals surface area contributed by atoms with Gasteiger partial charge >= 0.3 is 0 Å². The van der Waals surface area contributed by atoms with Gasteiger partial charge in [-0.2, -0.15) is 0 Å². The van der Waals surface area contributed by atoms with E-state index in [0.29, 0.717) is 81.7 Å². The molecule has 0 spiro atoms. The van der Waals surface area contributed by atoms with Crippen molar-refractivity contribution in [3.8, 4) is 0 Å². The van der Waals surface area contributed by atoms with Crippen molar-refractivity contribution in [3.63, 3.8) is 0 Å². The van der Waals surface area contributed by atoms with Crippen LogP contribution in [0.15, 0.2) is 69.0 Å². The SMILES string of the molecule is Nc1ccc2c(c1)c(=O)c1c2c2c(=O)c3cc(N)ccc3c2c2c(=O)c3cc(N)ccc3c12. The van der Waals surface area contributed by atoms with Gasteiger partial charge in [0.1, 0.15) is 0 Å². The lowest BCUT2D eigenvalue weighted by Gasteiger charge is -2.01. The van der Waals surface area contributed by atoms with Gasteiger partial charge in [-0.15, -0.1) is 0 Å². The Kier molecular flexibility index (Phi) is 3.01. The van der Waals surface area contributed by atoms with Gasteiger partial charge in [-0.05, 0) is 52.6 Å². The van der Waals surface area contributed by atoms with Gasteiger partial charge < -0.3 is 17.2 Å². The molecule has 6 nitrogen and oxygen atoms in total. The van der Waals surface area contributed by atoms with Crippen molar-refractivity contribution in [1.29, 1.82) is 0 Å². The average molecular weight is 429 g/mol. The molecule has 0 aliphatic heterocycles. The van der Waals surface area contributed by atoms with Crippen LogP contribution >= 0.6 is 0 Å². The molecule has 0 amide bonds. The Bertz CT molecular complexity index is 1890. The normalized spacial score (nSPS) is 12.4. The molecule has 33 heavy (non-hydrogen) atoms. The van der Waals surface area contributed by atoms with Crippen molar-refractivity contribution in [1.82, 2.24) is 0 Å². The predicted octanol–water partition coefficient (Wildman–Crippen LogP) is 3.75. The van der Waals surface area contributed by atoms with Gasteiger partial charge in [0.05, 0.1) is 0 Å². The van der Waals surface area contributed by atoms with Crippen LogP contribution in [-0.4, -0.2) is 0 Å². The van der Waals surface area contributed by atoms with Crippen LogP contribution in [0.2, 0.25) is 0 Å². The van der Waals surface area contributed by atoms with Gasteiger partial charge in [0.15, 0.2) is 16.3 Å². The third-order valence-corrected chi connectivity index (χ3v) is 6.85. The maximum absolute atomic E-state index is 13.7. The van der Waals surface area contributed by atoms with Gasteiger partial charge in [-0.25, -0.2) is 0 Å². The van der Waals surface area contributed by atoms with Crippen LogP contribution in [-0.2, 0) is 0 Å². The highest BCUT2D eigenvalue weighted by Gasteiger charge is 2.26. The summed E-state index contributed by atoms with van der Waals surface area (Å²) in [6.07, 6.45) is 0. The Morgan fingerprint density at radius 2 is 0.636 bits per heavy atom. The fraction of sp³-hybridized carbons (Fsp3) is 0. The van der Waals surface area contributed by atoms with Gasteiger partial charge in [-0.3, -0.25) is 14.4 Å². The van der Waals surface area contributed by atoms with Crippen LogP contribution in [0.25, 0.3) is 64.6 Å². The summed E-state index contributed by atoms with van der Waals surface area (Å²) in [6, 6.07) is 15.3.